The second-order valence-electron chi connectivity index (χ2n) is 5.89. The van der Waals surface area contributed by atoms with Crippen molar-refractivity contribution in [3.63, 3.8) is 0 Å². The molecule has 25 heavy (non-hydrogen) atoms. The number of anilines is 1. The number of carbonyl (C=O) groups excluding carboxylic acids is 1. The van der Waals surface area contributed by atoms with Gasteiger partial charge in [0.1, 0.15) is 5.82 Å². The van der Waals surface area contributed by atoms with E-state index < -0.39 is 0 Å². The minimum atomic E-state index is -0.272. The summed E-state index contributed by atoms with van der Waals surface area (Å²) in [5.74, 6) is 0.503. The summed E-state index contributed by atoms with van der Waals surface area (Å²) in [7, 11) is 0. The lowest BCUT2D eigenvalue weighted by Crippen LogP contribution is -2.28. The summed E-state index contributed by atoms with van der Waals surface area (Å²) in [5, 5.41) is 16.9. The van der Waals surface area contributed by atoms with Gasteiger partial charge in [0, 0.05) is 18.1 Å². The highest BCUT2D eigenvalue weighted by atomic mass is 16.3. The summed E-state index contributed by atoms with van der Waals surface area (Å²) in [5.41, 5.74) is 4.04. The minimum Gasteiger partial charge on any atom is -0.392 e. The Hall–Kier alpha value is -2.92. The minimum absolute atomic E-state index is 0.00316. The summed E-state index contributed by atoms with van der Waals surface area (Å²) in [4.78, 5) is 16.1. The average molecular weight is 335 g/mol. The smallest absolute Gasteiger partial charge is 0.320 e. The number of nitrogens with one attached hydrogen (secondary N) is 2. The number of rotatable bonds is 4. The van der Waals surface area contributed by atoms with Gasteiger partial charge < -0.3 is 10.4 Å². The number of aliphatic hydroxyl groups excluding tert-OH is 1. The lowest BCUT2D eigenvalue weighted by atomic mass is 9.95. The highest BCUT2D eigenvalue weighted by Gasteiger charge is 2.10. The molecular formula is C20H21N3O2. The normalized spacial score (nSPS) is 10.7. The van der Waals surface area contributed by atoms with Gasteiger partial charge in [-0.15, -0.1) is 0 Å². The molecule has 2 aromatic carbocycles. The van der Waals surface area contributed by atoms with Gasteiger partial charge in [-0.25, -0.2) is 9.78 Å². The molecule has 128 valence electrons. The summed E-state index contributed by atoms with van der Waals surface area (Å²) >= 11 is 0. The SMILES string of the molecule is CCNC(=O)Nc1cc2c(-c3cccc(CO)c3)ccc(C)c2cn1. The molecule has 0 aliphatic carbocycles. The second kappa shape index (κ2) is 7.32. The fourth-order valence-corrected chi connectivity index (χ4v) is 2.86. The Morgan fingerprint density at radius 1 is 1.16 bits per heavy atom. The van der Waals surface area contributed by atoms with Gasteiger partial charge in [-0.1, -0.05) is 30.3 Å². The van der Waals surface area contributed by atoms with Gasteiger partial charge in [0.15, 0.2) is 0 Å². The van der Waals surface area contributed by atoms with E-state index in [0.717, 1.165) is 33.0 Å². The highest BCUT2D eigenvalue weighted by Crippen LogP contribution is 2.32. The third kappa shape index (κ3) is 3.61. The van der Waals surface area contributed by atoms with Crippen molar-refractivity contribution in [2.75, 3.05) is 11.9 Å². The average Bonchev–Trinajstić information content (AvgIpc) is 2.62. The van der Waals surface area contributed by atoms with E-state index in [2.05, 4.69) is 27.8 Å². The third-order valence-electron chi connectivity index (χ3n) is 4.12. The molecule has 0 saturated carbocycles. The van der Waals surface area contributed by atoms with Crippen LogP contribution in [0.4, 0.5) is 10.6 Å². The van der Waals surface area contributed by atoms with E-state index in [9.17, 15) is 9.90 Å². The van der Waals surface area contributed by atoms with E-state index in [1.54, 1.807) is 6.20 Å². The number of hydrogen-bond acceptors (Lipinski definition) is 3. The molecule has 3 rings (SSSR count). The molecule has 0 spiro atoms. The van der Waals surface area contributed by atoms with Gasteiger partial charge in [-0.05, 0) is 53.6 Å². The van der Waals surface area contributed by atoms with Crippen LogP contribution in [-0.2, 0) is 6.61 Å². The van der Waals surface area contributed by atoms with Crippen LogP contribution >= 0.6 is 0 Å². The zero-order valence-electron chi connectivity index (χ0n) is 14.3. The Balaban J connectivity index is 2.11. The third-order valence-corrected chi connectivity index (χ3v) is 4.12. The van der Waals surface area contributed by atoms with Gasteiger partial charge >= 0.3 is 6.03 Å². The number of fused-ring (bicyclic) bond motifs is 1. The summed E-state index contributed by atoms with van der Waals surface area (Å²) in [6, 6.07) is 13.5. The molecule has 0 unspecified atom stereocenters. The van der Waals surface area contributed by atoms with E-state index in [-0.39, 0.29) is 12.6 Å². The van der Waals surface area contributed by atoms with Crippen LogP contribution in [0.15, 0.2) is 48.7 Å². The first kappa shape index (κ1) is 16.9. The predicted octanol–water partition coefficient (Wildman–Crippen LogP) is 3.84. The summed E-state index contributed by atoms with van der Waals surface area (Å²) in [6.45, 7) is 4.46. The van der Waals surface area contributed by atoms with Crippen LogP contribution in [-0.4, -0.2) is 22.7 Å². The maximum absolute atomic E-state index is 11.8. The molecule has 1 heterocycles. The Bertz CT molecular complexity index is 922. The van der Waals surface area contributed by atoms with Crippen LogP contribution < -0.4 is 10.6 Å². The zero-order chi connectivity index (χ0) is 17.8. The quantitative estimate of drug-likeness (QED) is 0.678. The Labute approximate surface area is 146 Å². The maximum atomic E-state index is 11.8. The first-order valence-electron chi connectivity index (χ1n) is 8.26. The molecule has 0 radical (unpaired) electrons. The number of carbonyl (C=O) groups is 1. The van der Waals surface area contributed by atoms with E-state index in [4.69, 9.17) is 0 Å². The van der Waals surface area contributed by atoms with E-state index in [1.807, 2.05) is 44.2 Å². The number of aromatic nitrogens is 1. The van der Waals surface area contributed by atoms with Crippen LogP contribution in [0.1, 0.15) is 18.1 Å². The van der Waals surface area contributed by atoms with Crippen molar-refractivity contribution < 1.29 is 9.90 Å². The molecule has 3 N–H and O–H groups in total. The van der Waals surface area contributed by atoms with E-state index >= 15 is 0 Å². The fraction of sp³-hybridized carbons (Fsp3) is 0.200. The molecule has 5 nitrogen and oxygen atoms in total. The van der Waals surface area contributed by atoms with Gasteiger partial charge in [0.2, 0.25) is 0 Å². The fourth-order valence-electron chi connectivity index (χ4n) is 2.86. The van der Waals surface area contributed by atoms with Crippen molar-refractivity contribution in [2.24, 2.45) is 0 Å². The maximum Gasteiger partial charge on any atom is 0.320 e. The van der Waals surface area contributed by atoms with Crippen LogP contribution in [0, 0.1) is 6.92 Å². The number of amides is 2. The molecule has 0 atom stereocenters. The van der Waals surface area contributed by atoms with Gasteiger partial charge in [0.25, 0.3) is 0 Å². The van der Waals surface area contributed by atoms with Crippen molar-refractivity contribution in [1.29, 1.82) is 0 Å². The van der Waals surface area contributed by atoms with Crippen molar-refractivity contribution in [2.45, 2.75) is 20.5 Å². The predicted molar refractivity (Wildman–Crippen MR) is 101 cm³/mol. The molecule has 0 bridgehead atoms. The summed E-state index contributed by atoms with van der Waals surface area (Å²) < 4.78 is 0. The molecule has 0 aliphatic heterocycles. The van der Waals surface area contributed by atoms with E-state index in [1.165, 1.54) is 0 Å². The van der Waals surface area contributed by atoms with Crippen molar-refractivity contribution in [3.05, 3.63) is 59.8 Å². The number of aryl methyl sites for hydroxylation is 1. The number of pyridine rings is 1. The standard InChI is InChI=1S/C20H21N3O2/c1-3-21-20(25)23-19-10-17-16(8-7-13(2)18(17)11-22-19)15-6-4-5-14(9-15)12-24/h4-11,24H,3,12H2,1-2H3,(H2,21,22,23,25). The first-order chi connectivity index (χ1) is 12.1. The highest BCUT2D eigenvalue weighted by molar-refractivity contribution is 6.00. The van der Waals surface area contributed by atoms with Gasteiger partial charge in [-0.3, -0.25) is 5.32 Å². The topological polar surface area (TPSA) is 74.2 Å². The lowest BCUT2D eigenvalue weighted by molar-refractivity contribution is 0.252. The number of nitrogens with zero attached hydrogens (tertiary/aromatic N) is 1. The zero-order valence-corrected chi connectivity index (χ0v) is 14.3. The molecule has 3 aromatic rings. The lowest BCUT2D eigenvalue weighted by Gasteiger charge is -2.12. The first-order valence-corrected chi connectivity index (χ1v) is 8.26. The van der Waals surface area contributed by atoms with Crippen molar-refractivity contribution in [1.82, 2.24) is 10.3 Å². The molecule has 0 fully saturated rings. The second-order valence-corrected chi connectivity index (χ2v) is 5.89. The number of hydrogen-bond donors (Lipinski definition) is 3. The molecule has 0 saturated heterocycles. The molecule has 0 aliphatic rings. The van der Waals surface area contributed by atoms with Crippen LogP contribution in [0.3, 0.4) is 0 Å². The van der Waals surface area contributed by atoms with Crippen molar-refractivity contribution in [3.8, 4) is 11.1 Å². The summed E-state index contributed by atoms with van der Waals surface area (Å²) in [6.07, 6.45) is 1.78. The number of benzene rings is 2. The Morgan fingerprint density at radius 2 is 2.00 bits per heavy atom. The van der Waals surface area contributed by atoms with Crippen molar-refractivity contribution >= 4 is 22.6 Å². The number of aliphatic hydroxyl groups is 1. The van der Waals surface area contributed by atoms with Gasteiger partial charge in [-0.2, -0.15) is 0 Å². The molecule has 5 heteroatoms. The van der Waals surface area contributed by atoms with Gasteiger partial charge in [0.05, 0.1) is 6.61 Å². The van der Waals surface area contributed by atoms with Crippen LogP contribution in [0.5, 0.6) is 0 Å². The molecular weight excluding hydrogens is 314 g/mol. The van der Waals surface area contributed by atoms with Crippen LogP contribution in [0.25, 0.3) is 21.9 Å². The number of urea groups is 1. The molecule has 2 amide bonds. The Kier molecular flexibility index (Phi) is 4.95. The molecule has 1 aromatic heterocycles. The largest absolute Gasteiger partial charge is 0.392 e. The Morgan fingerprint density at radius 3 is 2.76 bits per heavy atom. The van der Waals surface area contributed by atoms with Crippen LogP contribution in [0.2, 0.25) is 0 Å². The van der Waals surface area contributed by atoms with E-state index in [0.29, 0.717) is 12.4 Å². The monoisotopic (exact) mass is 335 g/mol.